The Kier molecular flexibility index (Phi) is 3.83. The van der Waals surface area contributed by atoms with Gasteiger partial charge in [0, 0.05) is 13.1 Å². The topological polar surface area (TPSA) is 12.5 Å². The van der Waals surface area contributed by atoms with E-state index in [0.717, 1.165) is 25.3 Å². The lowest BCUT2D eigenvalue weighted by molar-refractivity contribution is 0.249. The van der Waals surface area contributed by atoms with Crippen LogP contribution in [0.4, 0.5) is 0 Å². The van der Waals surface area contributed by atoms with Crippen LogP contribution in [0.3, 0.4) is 0 Å². The zero-order valence-corrected chi connectivity index (χ0v) is 10.3. The molecular weight excluding hydrogens is 198 g/mol. The molecule has 0 unspecified atom stereocenters. The molecule has 0 aliphatic carbocycles. The lowest BCUT2D eigenvalue weighted by Crippen LogP contribution is -2.31. The summed E-state index contributed by atoms with van der Waals surface area (Å²) in [6, 6.07) is 6.44. The van der Waals surface area contributed by atoms with Gasteiger partial charge in [0.1, 0.15) is 5.75 Å². The largest absolute Gasteiger partial charge is 0.494 e. The standard InChI is InChI=1S/C14H21NO/c1-3-9-15-10-8-13-12(11-15)6-5-7-14(13)16-4-2/h5-7H,3-4,8-11H2,1-2H3. The summed E-state index contributed by atoms with van der Waals surface area (Å²) in [6.45, 7) is 8.51. The van der Waals surface area contributed by atoms with Crippen LogP contribution in [-0.2, 0) is 13.0 Å². The van der Waals surface area contributed by atoms with Gasteiger partial charge in [-0.05, 0) is 43.5 Å². The van der Waals surface area contributed by atoms with E-state index in [9.17, 15) is 0 Å². The van der Waals surface area contributed by atoms with Crippen molar-refractivity contribution in [2.45, 2.75) is 33.2 Å². The number of nitrogens with zero attached hydrogens (tertiary/aromatic N) is 1. The molecular formula is C14H21NO. The first-order chi connectivity index (χ1) is 7.85. The Morgan fingerprint density at radius 2 is 2.19 bits per heavy atom. The van der Waals surface area contributed by atoms with Crippen LogP contribution in [0.5, 0.6) is 5.75 Å². The number of benzene rings is 1. The fourth-order valence-electron chi connectivity index (χ4n) is 2.43. The van der Waals surface area contributed by atoms with Crippen LogP contribution in [-0.4, -0.2) is 24.6 Å². The van der Waals surface area contributed by atoms with Gasteiger partial charge in [-0.3, -0.25) is 4.90 Å². The molecule has 0 saturated carbocycles. The quantitative estimate of drug-likeness (QED) is 0.772. The van der Waals surface area contributed by atoms with E-state index in [4.69, 9.17) is 4.74 Å². The maximum Gasteiger partial charge on any atom is 0.122 e. The van der Waals surface area contributed by atoms with Crippen LogP contribution >= 0.6 is 0 Å². The number of hydrogen-bond acceptors (Lipinski definition) is 2. The van der Waals surface area contributed by atoms with E-state index in [0.29, 0.717) is 0 Å². The second-order valence-corrected chi connectivity index (χ2v) is 4.35. The van der Waals surface area contributed by atoms with Gasteiger partial charge >= 0.3 is 0 Å². The lowest BCUT2D eigenvalue weighted by atomic mass is 9.98. The molecule has 1 aliphatic heterocycles. The second kappa shape index (κ2) is 5.35. The fourth-order valence-corrected chi connectivity index (χ4v) is 2.43. The molecule has 1 aromatic carbocycles. The Balaban J connectivity index is 2.17. The van der Waals surface area contributed by atoms with E-state index in [2.05, 4.69) is 30.0 Å². The van der Waals surface area contributed by atoms with E-state index >= 15 is 0 Å². The summed E-state index contributed by atoms with van der Waals surface area (Å²) in [5.41, 5.74) is 2.88. The molecule has 0 fully saturated rings. The van der Waals surface area contributed by atoms with Gasteiger partial charge in [-0.1, -0.05) is 19.1 Å². The van der Waals surface area contributed by atoms with Gasteiger partial charge in [-0.2, -0.15) is 0 Å². The first-order valence-corrected chi connectivity index (χ1v) is 6.31. The summed E-state index contributed by atoms with van der Waals surface area (Å²) in [5.74, 6) is 1.09. The van der Waals surface area contributed by atoms with Crippen molar-refractivity contribution in [3.63, 3.8) is 0 Å². The van der Waals surface area contributed by atoms with Crippen LogP contribution in [0, 0.1) is 0 Å². The Bertz CT molecular complexity index is 349. The summed E-state index contributed by atoms with van der Waals surface area (Å²) in [6.07, 6.45) is 2.37. The molecule has 0 radical (unpaired) electrons. The zero-order chi connectivity index (χ0) is 11.4. The average Bonchev–Trinajstić information content (AvgIpc) is 2.30. The third-order valence-electron chi connectivity index (χ3n) is 3.14. The van der Waals surface area contributed by atoms with Crippen molar-refractivity contribution in [3.05, 3.63) is 29.3 Å². The molecule has 0 amide bonds. The van der Waals surface area contributed by atoms with Gasteiger partial charge in [0.15, 0.2) is 0 Å². The minimum absolute atomic E-state index is 0.759. The molecule has 1 heterocycles. The fraction of sp³-hybridized carbons (Fsp3) is 0.571. The molecule has 2 nitrogen and oxygen atoms in total. The Morgan fingerprint density at radius 1 is 1.31 bits per heavy atom. The normalized spacial score (nSPS) is 15.9. The molecule has 0 spiro atoms. The van der Waals surface area contributed by atoms with E-state index in [1.807, 2.05) is 6.92 Å². The summed E-state index contributed by atoms with van der Waals surface area (Å²) in [4.78, 5) is 2.53. The Hall–Kier alpha value is -1.02. The number of rotatable bonds is 4. The molecule has 2 heteroatoms. The maximum atomic E-state index is 5.68. The highest BCUT2D eigenvalue weighted by Gasteiger charge is 2.18. The third-order valence-corrected chi connectivity index (χ3v) is 3.14. The highest BCUT2D eigenvalue weighted by molar-refractivity contribution is 5.41. The van der Waals surface area contributed by atoms with Gasteiger partial charge in [0.05, 0.1) is 6.61 Å². The summed E-state index contributed by atoms with van der Waals surface area (Å²) < 4.78 is 5.68. The van der Waals surface area contributed by atoms with E-state index in [1.54, 1.807) is 0 Å². The van der Waals surface area contributed by atoms with Crippen molar-refractivity contribution in [2.24, 2.45) is 0 Å². The van der Waals surface area contributed by atoms with Crippen LogP contribution in [0.1, 0.15) is 31.4 Å². The van der Waals surface area contributed by atoms with Crippen molar-refractivity contribution >= 4 is 0 Å². The van der Waals surface area contributed by atoms with Gasteiger partial charge in [0.2, 0.25) is 0 Å². The predicted molar refractivity (Wildman–Crippen MR) is 66.9 cm³/mol. The van der Waals surface area contributed by atoms with Gasteiger partial charge in [-0.25, -0.2) is 0 Å². The van der Waals surface area contributed by atoms with Crippen LogP contribution in [0.15, 0.2) is 18.2 Å². The minimum Gasteiger partial charge on any atom is -0.494 e. The molecule has 0 bridgehead atoms. The van der Waals surface area contributed by atoms with Crippen molar-refractivity contribution in [2.75, 3.05) is 19.7 Å². The molecule has 16 heavy (non-hydrogen) atoms. The van der Waals surface area contributed by atoms with Crippen molar-refractivity contribution < 1.29 is 4.74 Å². The first-order valence-electron chi connectivity index (χ1n) is 6.31. The molecule has 0 N–H and O–H groups in total. The third kappa shape index (κ3) is 2.38. The Labute approximate surface area is 98.2 Å². The maximum absolute atomic E-state index is 5.68. The minimum atomic E-state index is 0.759. The van der Waals surface area contributed by atoms with Crippen LogP contribution in [0.2, 0.25) is 0 Å². The van der Waals surface area contributed by atoms with Crippen LogP contribution in [0.25, 0.3) is 0 Å². The molecule has 1 aliphatic rings. The monoisotopic (exact) mass is 219 g/mol. The van der Waals surface area contributed by atoms with E-state index in [-0.39, 0.29) is 0 Å². The molecule has 0 atom stereocenters. The lowest BCUT2D eigenvalue weighted by Gasteiger charge is -2.29. The van der Waals surface area contributed by atoms with Crippen LogP contribution < -0.4 is 4.74 Å². The summed E-state index contributed by atoms with van der Waals surface area (Å²) in [7, 11) is 0. The number of ether oxygens (including phenoxy) is 1. The highest BCUT2D eigenvalue weighted by atomic mass is 16.5. The van der Waals surface area contributed by atoms with Crippen molar-refractivity contribution in [3.8, 4) is 5.75 Å². The molecule has 0 aromatic heterocycles. The molecule has 2 rings (SSSR count). The summed E-state index contributed by atoms with van der Waals surface area (Å²) in [5, 5.41) is 0. The average molecular weight is 219 g/mol. The van der Waals surface area contributed by atoms with Crippen molar-refractivity contribution in [1.29, 1.82) is 0 Å². The van der Waals surface area contributed by atoms with E-state index in [1.165, 1.54) is 30.6 Å². The highest BCUT2D eigenvalue weighted by Crippen LogP contribution is 2.27. The number of hydrogen-bond donors (Lipinski definition) is 0. The second-order valence-electron chi connectivity index (χ2n) is 4.35. The smallest absolute Gasteiger partial charge is 0.122 e. The Morgan fingerprint density at radius 3 is 2.94 bits per heavy atom. The van der Waals surface area contributed by atoms with Gasteiger partial charge in [-0.15, -0.1) is 0 Å². The molecule has 88 valence electrons. The SMILES string of the molecule is CCCN1CCc2c(cccc2OCC)C1. The predicted octanol–water partition coefficient (Wildman–Crippen LogP) is 2.85. The van der Waals surface area contributed by atoms with Gasteiger partial charge in [0.25, 0.3) is 0 Å². The molecule has 0 saturated heterocycles. The van der Waals surface area contributed by atoms with E-state index < -0.39 is 0 Å². The molecule has 1 aromatic rings. The summed E-state index contributed by atoms with van der Waals surface area (Å²) >= 11 is 0. The van der Waals surface area contributed by atoms with Gasteiger partial charge < -0.3 is 4.74 Å². The van der Waals surface area contributed by atoms with Crippen molar-refractivity contribution in [1.82, 2.24) is 4.90 Å². The zero-order valence-electron chi connectivity index (χ0n) is 10.3. The first kappa shape index (κ1) is 11.5. The number of fused-ring (bicyclic) bond motifs is 1.